The number of alkyl halides is 3. The van der Waals surface area contributed by atoms with E-state index in [0.717, 1.165) is 4.88 Å². The summed E-state index contributed by atoms with van der Waals surface area (Å²) < 4.78 is 51.3. The van der Waals surface area contributed by atoms with E-state index in [-0.39, 0.29) is 30.4 Å². The van der Waals surface area contributed by atoms with Crippen LogP contribution in [0.15, 0.2) is 72.1 Å². The van der Waals surface area contributed by atoms with Crippen LogP contribution in [0.25, 0.3) is 0 Å². The minimum absolute atomic E-state index is 0.0998. The number of carbonyl (C=O) groups is 2. The summed E-state index contributed by atoms with van der Waals surface area (Å²) in [7, 11) is 1.55. The summed E-state index contributed by atoms with van der Waals surface area (Å²) in [6.45, 7) is 2.41. The van der Waals surface area contributed by atoms with Crippen molar-refractivity contribution in [1.29, 1.82) is 0 Å². The molecule has 4 aromatic rings. The number of ether oxygens (including phenoxy) is 2. The number of aromatic nitrogens is 1. The Kier molecular flexibility index (Phi) is 7.59. The number of primary amides is 1. The number of carbonyl (C=O) groups excluding carboxylic acids is 2. The van der Waals surface area contributed by atoms with Gasteiger partial charge in [0.1, 0.15) is 23.7 Å². The lowest BCUT2D eigenvalue weighted by atomic mass is 10.2. The van der Waals surface area contributed by atoms with Crippen molar-refractivity contribution in [2.75, 3.05) is 13.7 Å². The van der Waals surface area contributed by atoms with Crippen molar-refractivity contribution in [2.24, 2.45) is 5.73 Å². The Morgan fingerprint density at radius 3 is 2.44 bits per heavy atom. The van der Waals surface area contributed by atoms with Crippen LogP contribution in [0.1, 0.15) is 32.2 Å². The van der Waals surface area contributed by atoms with Crippen LogP contribution in [0.5, 0.6) is 11.5 Å². The van der Waals surface area contributed by atoms with Crippen LogP contribution in [-0.2, 0) is 13.1 Å². The SMILES string of the molecule is COc1ccc([N+]2=C(c3cc(C(N)=O)c(C)n3Cc3cccc(OC(F)(F)F)c3)CN(Cc3cccs3)C2=O)cc1. The highest BCUT2D eigenvalue weighted by molar-refractivity contribution is 7.09. The molecule has 0 atom stereocenters. The number of halogens is 3. The molecule has 3 heterocycles. The van der Waals surface area contributed by atoms with E-state index >= 15 is 0 Å². The maximum atomic E-state index is 13.8. The van der Waals surface area contributed by atoms with E-state index in [1.165, 1.54) is 29.5 Å². The normalized spacial score (nSPS) is 13.7. The van der Waals surface area contributed by atoms with E-state index < -0.39 is 12.3 Å². The highest BCUT2D eigenvalue weighted by Gasteiger charge is 2.42. The Hall–Kier alpha value is -4.58. The van der Waals surface area contributed by atoms with Gasteiger partial charge in [-0.1, -0.05) is 18.2 Å². The standard InChI is InChI=1S/C29H25F3N4O4S/c1-18-24(27(33)37)14-25(35(18)15-19-5-3-6-22(13-19)40-29(30,31)32)26-17-34(16-23-7-4-12-41-23)28(38)36(26)20-8-10-21(39-2)11-9-20/h3-14H,15-17H2,1-2H3,(H-,33,37)/p+1. The van der Waals surface area contributed by atoms with E-state index in [9.17, 15) is 22.8 Å². The maximum Gasteiger partial charge on any atom is 0.573 e. The molecule has 0 saturated heterocycles. The number of benzene rings is 2. The Bertz CT molecular complexity index is 1630. The molecule has 0 fully saturated rings. The van der Waals surface area contributed by atoms with E-state index in [1.54, 1.807) is 64.5 Å². The molecule has 1 aliphatic rings. The van der Waals surface area contributed by atoms with Gasteiger partial charge in [-0.15, -0.1) is 24.5 Å². The highest BCUT2D eigenvalue weighted by atomic mass is 32.1. The quantitative estimate of drug-likeness (QED) is 0.257. The largest absolute Gasteiger partial charge is 0.573 e. The lowest BCUT2D eigenvalue weighted by Crippen LogP contribution is -2.28. The van der Waals surface area contributed by atoms with Crippen molar-refractivity contribution in [3.63, 3.8) is 0 Å². The second kappa shape index (κ2) is 11.1. The van der Waals surface area contributed by atoms with Gasteiger partial charge in [-0.05, 0) is 66.4 Å². The molecule has 2 aromatic carbocycles. The molecular formula is C29H26F3N4O4S+. The molecule has 12 heteroatoms. The third kappa shape index (κ3) is 5.97. The van der Waals surface area contributed by atoms with Crippen molar-refractivity contribution < 1.29 is 36.8 Å². The zero-order valence-corrected chi connectivity index (χ0v) is 23.0. The first-order valence-corrected chi connectivity index (χ1v) is 13.4. The Balaban J connectivity index is 1.62. The monoisotopic (exact) mass is 583 g/mol. The maximum absolute atomic E-state index is 13.8. The zero-order chi connectivity index (χ0) is 29.3. The molecular weight excluding hydrogens is 557 g/mol. The molecule has 1 aliphatic heterocycles. The second-order valence-electron chi connectivity index (χ2n) is 9.37. The van der Waals surface area contributed by atoms with Crippen LogP contribution in [0.3, 0.4) is 0 Å². The van der Waals surface area contributed by atoms with Gasteiger partial charge in [0.2, 0.25) is 0 Å². The van der Waals surface area contributed by atoms with Crippen molar-refractivity contribution in [1.82, 2.24) is 9.47 Å². The van der Waals surface area contributed by atoms with Crippen molar-refractivity contribution >= 4 is 34.7 Å². The first kappa shape index (κ1) is 28.0. The molecule has 0 aliphatic carbocycles. The van der Waals surface area contributed by atoms with Crippen LogP contribution in [0.4, 0.5) is 23.7 Å². The van der Waals surface area contributed by atoms with Crippen molar-refractivity contribution in [3.8, 4) is 11.5 Å². The van der Waals surface area contributed by atoms with Gasteiger partial charge < -0.3 is 19.8 Å². The molecule has 3 amide bonds. The predicted octanol–water partition coefficient (Wildman–Crippen LogP) is 5.68. The number of nitrogens with zero attached hydrogens (tertiary/aromatic N) is 3. The van der Waals surface area contributed by atoms with Crippen molar-refractivity contribution in [2.45, 2.75) is 26.4 Å². The highest BCUT2D eigenvalue weighted by Crippen LogP contribution is 2.29. The smallest absolute Gasteiger partial charge is 0.497 e. The minimum Gasteiger partial charge on any atom is -0.497 e. The topological polar surface area (TPSA) is 89.8 Å². The minimum atomic E-state index is -4.84. The summed E-state index contributed by atoms with van der Waals surface area (Å²) in [5, 5.41) is 1.94. The van der Waals surface area contributed by atoms with Crippen molar-refractivity contribution in [3.05, 3.63) is 99.5 Å². The van der Waals surface area contributed by atoms with Gasteiger partial charge in [0.15, 0.2) is 12.3 Å². The fourth-order valence-electron chi connectivity index (χ4n) is 4.84. The Morgan fingerprint density at radius 1 is 1.05 bits per heavy atom. The van der Waals surface area contributed by atoms with Gasteiger partial charge >= 0.3 is 12.4 Å². The number of methoxy groups -OCH3 is 1. The average molecular weight is 584 g/mol. The summed E-state index contributed by atoms with van der Waals surface area (Å²) >= 11 is 1.53. The number of amides is 3. The summed E-state index contributed by atoms with van der Waals surface area (Å²) in [5.74, 6) is -0.399. The lowest BCUT2D eigenvalue weighted by molar-refractivity contribution is -0.332. The number of hydrogen-bond donors (Lipinski definition) is 1. The molecule has 8 nitrogen and oxygen atoms in total. The molecule has 0 radical (unpaired) electrons. The van der Waals surface area contributed by atoms with Gasteiger partial charge in [0.05, 0.1) is 18.4 Å². The Labute approximate surface area is 237 Å². The lowest BCUT2D eigenvalue weighted by Gasteiger charge is -2.14. The van der Waals surface area contributed by atoms with E-state index in [1.807, 2.05) is 17.5 Å². The summed E-state index contributed by atoms with van der Waals surface area (Å²) in [5.41, 5.74) is 8.67. The van der Waals surface area contributed by atoms with Crippen LogP contribution in [0, 0.1) is 6.92 Å². The molecule has 0 unspecified atom stereocenters. The number of nitrogens with two attached hydrogens (primary N) is 1. The fourth-order valence-corrected chi connectivity index (χ4v) is 5.56. The Morgan fingerprint density at radius 2 is 1.80 bits per heavy atom. The van der Waals surface area contributed by atoms with Gasteiger partial charge in [-0.3, -0.25) is 4.79 Å². The van der Waals surface area contributed by atoms with E-state index in [2.05, 4.69) is 4.74 Å². The van der Waals surface area contributed by atoms with Crippen LogP contribution >= 0.6 is 11.3 Å². The summed E-state index contributed by atoms with van der Waals surface area (Å²) in [4.78, 5) is 28.9. The number of thiophene rings is 1. The molecule has 5 rings (SSSR count). The van der Waals surface area contributed by atoms with E-state index in [4.69, 9.17) is 10.5 Å². The molecule has 0 spiro atoms. The van der Waals surface area contributed by atoms with Gasteiger partial charge in [-0.2, -0.15) is 9.37 Å². The molecule has 2 aromatic heterocycles. The number of urea groups is 1. The second-order valence-corrected chi connectivity index (χ2v) is 10.4. The van der Waals surface area contributed by atoms with Crippen LogP contribution in [-0.4, -0.2) is 51.7 Å². The third-order valence-corrected chi connectivity index (χ3v) is 7.59. The molecule has 0 bridgehead atoms. The first-order valence-electron chi connectivity index (χ1n) is 12.5. The van der Waals surface area contributed by atoms with Gasteiger partial charge in [-0.25, -0.2) is 4.90 Å². The van der Waals surface area contributed by atoms with Gasteiger partial charge in [0, 0.05) is 17.1 Å². The zero-order valence-electron chi connectivity index (χ0n) is 22.1. The third-order valence-electron chi connectivity index (χ3n) is 6.73. The predicted molar refractivity (Wildman–Crippen MR) is 147 cm³/mol. The molecule has 0 saturated carbocycles. The first-order chi connectivity index (χ1) is 19.5. The fraction of sp³-hybridized carbons (Fsp3) is 0.207. The van der Waals surface area contributed by atoms with Crippen LogP contribution in [0.2, 0.25) is 0 Å². The number of hydrogen-bond acceptors (Lipinski definition) is 5. The van der Waals surface area contributed by atoms with Crippen LogP contribution < -0.4 is 15.2 Å². The summed E-state index contributed by atoms with van der Waals surface area (Å²) in [6.07, 6.45) is -4.84. The summed E-state index contributed by atoms with van der Waals surface area (Å²) in [6, 6.07) is 17.9. The number of rotatable bonds is 9. The van der Waals surface area contributed by atoms with E-state index in [0.29, 0.717) is 40.6 Å². The molecule has 2 N–H and O–H groups in total. The molecule has 212 valence electrons. The molecule has 41 heavy (non-hydrogen) atoms. The average Bonchev–Trinajstić information content (AvgIpc) is 3.63. The van der Waals surface area contributed by atoms with Gasteiger partial charge in [0.25, 0.3) is 5.91 Å².